The Morgan fingerprint density at radius 1 is 1.65 bits per heavy atom. The number of carbonyl (C=O) groups is 1. The fraction of sp³-hybridized carbons (Fsp3) is 0.444. The first kappa shape index (κ1) is 13.0. The molecule has 0 amide bonds. The zero-order chi connectivity index (χ0) is 12.7. The van der Waals surface area contributed by atoms with Crippen LogP contribution in [0, 0.1) is 0 Å². The van der Waals surface area contributed by atoms with Crippen LogP contribution in [-0.4, -0.2) is 47.9 Å². The minimum Gasteiger partial charge on any atom is -0.489 e. The number of nitrogens with zero attached hydrogens (tertiary/aromatic N) is 1. The van der Waals surface area contributed by atoms with Crippen LogP contribution >= 0.6 is 0 Å². The third-order valence-corrected chi connectivity index (χ3v) is 1.78. The highest BCUT2D eigenvalue weighted by molar-refractivity contribution is 5.67. The Bertz CT molecular complexity index is 431. The highest BCUT2D eigenvalue weighted by Crippen LogP contribution is 2.13. The van der Waals surface area contributed by atoms with Crippen molar-refractivity contribution in [3.05, 3.63) is 16.7 Å². The topological polar surface area (TPSA) is 114 Å². The molecule has 0 unspecified atom stereocenters. The van der Waals surface area contributed by atoms with Crippen molar-refractivity contribution in [2.24, 2.45) is 0 Å². The molecule has 17 heavy (non-hydrogen) atoms. The fourth-order valence-corrected chi connectivity index (χ4v) is 1.10. The van der Waals surface area contributed by atoms with Crippen LogP contribution < -0.4 is 15.6 Å². The molecule has 0 aliphatic carbocycles. The molecule has 0 radical (unpaired) electrons. The quantitative estimate of drug-likeness (QED) is 0.542. The number of carboxylic acid groups (broad SMARTS) is 1. The van der Waals surface area contributed by atoms with Crippen molar-refractivity contribution in [3.8, 4) is 5.75 Å². The number of hydrogen-bond donors (Lipinski definition) is 3. The molecule has 0 aromatic carbocycles. The molecule has 0 bridgehead atoms. The maximum absolute atomic E-state index is 11.3. The predicted molar refractivity (Wildman–Crippen MR) is 58.4 cm³/mol. The van der Waals surface area contributed by atoms with Crippen molar-refractivity contribution in [1.29, 1.82) is 0 Å². The Labute approximate surface area is 96.6 Å². The van der Waals surface area contributed by atoms with Gasteiger partial charge in [-0.15, -0.1) is 0 Å². The number of methoxy groups -OCH3 is 1. The first-order chi connectivity index (χ1) is 8.15. The summed E-state index contributed by atoms with van der Waals surface area (Å²) < 4.78 is 9.67. The first-order valence-electron chi connectivity index (χ1n) is 4.80. The first-order valence-corrected chi connectivity index (χ1v) is 4.80. The molecular formula is C9H13N3O5. The Balaban J connectivity index is 2.44. The van der Waals surface area contributed by atoms with Gasteiger partial charge in [0.15, 0.2) is 5.82 Å². The number of aromatic nitrogens is 2. The van der Waals surface area contributed by atoms with Gasteiger partial charge in [-0.25, -0.2) is 9.78 Å². The molecule has 0 aliphatic rings. The third kappa shape index (κ3) is 4.11. The van der Waals surface area contributed by atoms with Crippen molar-refractivity contribution in [2.45, 2.75) is 0 Å². The van der Waals surface area contributed by atoms with E-state index in [0.29, 0.717) is 6.54 Å². The smallest absolute Gasteiger partial charge is 0.329 e. The van der Waals surface area contributed by atoms with Gasteiger partial charge in [-0.05, 0) is 0 Å². The molecule has 8 heteroatoms. The predicted octanol–water partition coefficient (Wildman–Crippen LogP) is -0.708. The molecule has 1 aromatic heterocycles. The lowest BCUT2D eigenvalue weighted by Gasteiger charge is -2.08. The summed E-state index contributed by atoms with van der Waals surface area (Å²) in [6, 6.07) is 0. The molecule has 0 fully saturated rings. The summed E-state index contributed by atoms with van der Waals surface area (Å²) in [6.07, 6.45) is 1.24. The zero-order valence-corrected chi connectivity index (χ0v) is 9.23. The fourth-order valence-electron chi connectivity index (χ4n) is 1.10. The van der Waals surface area contributed by atoms with Crippen LogP contribution in [-0.2, 0) is 9.53 Å². The van der Waals surface area contributed by atoms with Gasteiger partial charge >= 0.3 is 5.97 Å². The Morgan fingerprint density at radius 2 is 2.41 bits per heavy atom. The van der Waals surface area contributed by atoms with E-state index in [4.69, 9.17) is 14.6 Å². The van der Waals surface area contributed by atoms with Crippen LogP contribution in [0.3, 0.4) is 0 Å². The van der Waals surface area contributed by atoms with Crippen LogP contribution in [0.15, 0.2) is 11.1 Å². The highest BCUT2D eigenvalue weighted by Gasteiger charge is 2.07. The van der Waals surface area contributed by atoms with Gasteiger partial charge in [0.25, 0.3) is 5.56 Å². The second-order valence-electron chi connectivity index (χ2n) is 2.99. The lowest BCUT2D eigenvalue weighted by molar-refractivity contribution is -0.142. The second-order valence-corrected chi connectivity index (χ2v) is 2.99. The minimum atomic E-state index is -1.03. The summed E-state index contributed by atoms with van der Waals surface area (Å²) in [5, 5.41) is 11.1. The van der Waals surface area contributed by atoms with Crippen molar-refractivity contribution < 1.29 is 19.4 Å². The monoisotopic (exact) mass is 243 g/mol. The molecule has 1 heterocycles. The average Bonchev–Trinajstić information content (AvgIpc) is 2.28. The molecule has 1 aromatic rings. The van der Waals surface area contributed by atoms with Crippen LogP contribution in [0.2, 0.25) is 0 Å². The summed E-state index contributed by atoms with van der Waals surface area (Å²) in [7, 11) is 1.36. The Hall–Kier alpha value is -2.09. The van der Waals surface area contributed by atoms with Gasteiger partial charge in [-0.3, -0.25) is 4.79 Å². The van der Waals surface area contributed by atoms with E-state index in [2.05, 4.69) is 15.3 Å². The van der Waals surface area contributed by atoms with Crippen molar-refractivity contribution in [2.75, 3.05) is 32.2 Å². The molecule has 0 saturated carbocycles. The summed E-state index contributed by atoms with van der Waals surface area (Å²) in [5.74, 6) is -0.669. The molecule has 8 nitrogen and oxygen atoms in total. The number of rotatable bonds is 7. The zero-order valence-electron chi connectivity index (χ0n) is 9.23. The van der Waals surface area contributed by atoms with E-state index >= 15 is 0 Å². The van der Waals surface area contributed by atoms with Crippen molar-refractivity contribution >= 4 is 11.8 Å². The van der Waals surface area contributed by atoms with E-state index in [9.17, 15) is 9.59 Å². The van der Waals surface area contributed by atoms with Crippen molar-refractivity contribution in [1.82, 2.24) is 9.97 Å². The highest BCUT2D eigenvalue weighted by atomic mass is 16.5. The van der Waals surface area contributed by atoms with Gasteiger partial charge in [0.05, 0.1) is 20.0 Å². The van der Waals surface area contributed by atoms with E-state index in [0.717, 1.165) is 0 Å². The minimum absolute atomic E-state index is 0.0748. The number of anilines is 1. The van der Waals surface area contributed by atoms with Gasteiger partial charge in [0, 0.05) is 6.54 Å². The van der Waals surface area contributed by atoms with Gasteiger partial charge in [-0.1, -0.05) is 0 Å². The van der Waals surface area contributed by atoms with Gasteiger partial charge in [-0.2, -0.15) is 0 Å². The molecule has 0 spiro atoms. The van der Waals surface area contributed by atoms with Crippen LogP contribution in [0.25, 0.3) is 0 Å². The number of aromatic amines is 1. The summed E-state index contributed by atoms with van der Waals surface area (Å²) in [5.41, 5.74) is -0.392. The summed E-state index contributed by atoms with van der Waals surface area (Å²) in [4.78, 5) is 27.7. The largest absolute Gasteiger partial charge is 0.489 e. The van der Waals surface area contributed by atoms with Gasteiger partial charge in [0.2, 0.25) is 5.75 Å². The number of hydrogen-bond acceptors (Lipinski definition) is 6. The average molecular weight is 243 g/mol. The third-order valence-electron chi connectivity index (χ3n) is 1.78. The molecule has 1 rings (SSSR count). The standard InChI is InChI=1S/C9H13N3O5/c1-16-7-8(11-5-12-9(7)15)10-2-3-17-4-6(13)14/h5H,2-4H2,1H3,(H,13,14)(H2,10,11,12,15). The van der Waals surface area contributed by atoms with E-state index in [1.54, 1.807) is 0 Å². The Kier molecular flexibility index (Phi) is 4.95. The molecule has 94 valence electrons. The summed E-state index contributed by atoms with van der Waals surface area (Å²) >= 11 is 0. The normalized spacial score (nSPS) is 9.94. The molecule has 0 atom stereocenters. The van der Waals surface area contributed by atoms with E-state index < -0.39 is 11.5 Å². The number of H-pyrrole nitrogens is 1. The lowest BCUT2D eigenvalue weighted by Crippen LogP contribution is -2.18. The maximum Gasteiger partial charge on any atom is 0.329 e. The van der Waals surface area contributed by atoms with E-state index in [-0.39, 0.29) is 24.8 Å². The molecular weight excluding hydrogens is 230 g/mol. The van der Waals surface area contributed by atoms with Crippen LogP contribution in [0.5, 0.6) is 5.75 Å². The van der Waals surface area contributed by atoms with E-state index in [1.807, 2.05) is 0 Å². The number of carboxylic acids is 1. The van der Waals surface area contributed by atoms with Crippen LogP contribution in [0.4, 0.5) is 5.82 Å². The maximum atomic E-state index is 11.3. The molecule has 3 N–H and O–H groups in total. The summed E-state index contributed by atoms with van der Waals surface area (Å²) in [6.45, 7) is 0.144. The SMILES string of the molecule is COc1c(NCCOCC(=O)O)nc[nH]c1=O. The number of aliphatic carboxylic acids is 1. The van der Waals surface area contributed by atoms with Crippen molar-refractivity contribution in [3.63, 3.8) is 0 Å². The molecule has 0 aliphatic heterocycles. The van der Waals surface area contributed by atoms with Gasteiger partial charge in [0.1, 0.15) is 6.61 Å². The van der Waals surface area contributed by atoms with Gasteiger partial charge < -0.3 is 24.9 Å². The van der Waals surface area contributed by atoms with E-state index in [1.165, 1.54) is 13.4 Å². The molecule has 0 saturated heterocycles. The van der Waals surface area contributed by atoms with Crippen LogP contribution in [0.1, 0.15) is 0 Å². The second kappa shape index (κ2) is 6.48. The lowest BCUT2D eigenvalue weighted by atomic mass is 10.5. The number of nitrogens with one attached hydrogen (secondary N) is 2. The Morgan fingerprint density at radius 3 is 3.06 bits per heavy atom. The number of ether oxygens (including phenoxy) is 2.